The number of hydrogen-bond acceptors (Lipinski definition) is 3. The molecule has 27 heavy (non-hydrogen) atoms. The number of amides is 2. The minimum Gasteiger partial charge on any atom is -0.324 e. The summed E-state index contributed by atoms with van der Waals surface area (Å²) in [5.74, 6) is 0.467. The zero-order chi connectivity index (χ0) is 18.6. The van der Waals surface area contributed by atoms with Crippen molar-refractivity contribution in [2.75, 3.05) is 18.0 Å². The van der Waals surface area contributed by atoms with Crippen molar-refractivity contribution in [3.05, 3.63) is 76.7 Å². The number of aromatic nitrogens is 1. The van der Waals surface area contributed by atoms with E-state index in [0.717, 1.165) is 43.0 Å². The Morgan fingerprint density at radius 2 is 1.56 bits per heavy atom. The molecule has 1 aliphatic heterocycles. The third-order valence-corrected chi connectivity index (χ3v) is 6.10. The van der Waals surface area contributed by atoms with Crippen LogP contribution in [0.15, 0.2) is 66.0 Å². The fraction of sp³-hybridized carbons (Fsp3) is 0.273. The van der Waals surface area contributed by atoms with Crippen LogP contribution in [0.1, 0.15) is 29.5 Å². The van der Waals surface area contributed by atoms with Crippen LogP contribution in [0.25, 0.3) is 0 Å². The van der Waals surface area contributed by atoms with Gasteiger partial charge in [0.1, 0.15) is 0 Å². The van der Waals surface area contributed by atoms with Crippen LogP contribution in [0.4, 0.5) is 16.2 Å². The highest BCUT2D eigenvalue weighted by Gasteiger charge is 2.29. The van der Waals surface area contributed by atoms with Crippen LogP contribution in [-0.2, 0) is 0 Å². The highest BCUT2D eigenvalue weighted by Crippen LogP contribution is 2.32. The van der Waals surface area contributed by atoms with Crippen molar-refractivity contribution in [3.63, 3.8) is 0 Å². The fourth-order valence-corrected chi connectivity index (χ4v) is 4.51. The van der Waals surface area contributed by atoms with E-state index in [2.05, 4.69) is 10.4 Å². The Morgan fingerprint density at radius 3 is 2.04 bits per heavy atom. The molecule has 0 saturated carbocycles. The highest BCUT2D eigenvalue weighted by atomic mass is 32.1. The second kappa shape index (κ2) is 7.92. The second-order valence-electron chi connectivity index (χ2n) is 6.88. The Morgan fingerprint density at radius 1 is 1.00 bits per heavy atom. The van der Waals surface area contributed by atoms with Gasteiger partial charge in [0.15, 0.2) is 0 Å². The van der Waals surface area contributed by atoms with Gasteiger partial charge in [-0.3, -0.25) is 4.90 Å². The van der Waals surface area contributed by atoms with Gasteiger partial charge in [0.2, 0.25) is 0 Å². The van der Waals surface area contributed by atoms with Gasteiger partial charge in [-0.15, -0.1) is 11.3 Å². The fourth-order valence-electron chi connectivity index (χ4n) is 3.54. The average molecular weight is 378 g/mol. The number of aryl methyl sites for hydroxylation is 1. The van der Waals surface area contributed by atoms with Gasteiger partial charge >= 0.3 is 6.03 Å². The molecule has 2 aromatic carbocycles. The van der Waals surface area contributed by atoms with E-state index >= 15 is 0 Å². The highest BCUT2D eigenvalue weighted by molar-refractivity contribution is 7.09. The summed E-state index contributed by atoms with van der Waals surface area (Å²) in [4.78, 5) is 21.8. The molecule has 0 unspecified atom stereocenters. The number of anilines is 2. The Kier molecular flexibility index (Phi) is 5.21. The number of thiazole rings is 1. The van der Waals surface area contributed by atoms with Crippen LogP contribution in [0.2, 0.25) is 0 Å². The molecular weight excluding hydrogens is 354 g/mol. The first-order valence-electron chi connectivity index (χ1n) is 9.33. The topological polar surface area (TPSA) is 36.4 Å². The molecule has 138 valence electrons. The van der Waals surface area contributed by atoms with E-state index in [1.165, 1.54) is 5.01 Å². The number of carbonyl (C=O) groups is 1. The molecule has 0 spiro atoms. The molecule has 1 saturated heterocycles. The van der Waals surface area contributed by atoms with Gasteiger partial charge in [-0.05, 0) is 44.0 Å². The zero-order valence-electron chi connectivity index (χ0n) is 15.4. The average Bonchev–Trinajstić information content (AvgIpc) is 3.16. The molecule has 1 aliphatic rings. The smallest absolute Gasteiger partial charge is 0.324 e. The second-order valence-corrected chi connectivity index (χ2v) is 7.77. The molecule has 0 bridgehead atoms. The monoisotopic (exact) mass is 377 g/mol. The molecular formula is C22H23N3OS. The minimum atomic E-state index is 0.0427. The van der Waals surface area contributed by atoms with E-state index in [-0.39, 0.29) is 6.03 Å². The van der Waals surface area contributed by atoms with Crippen LogP contribution in [0.5, 0.6) is 0 Å². The Labute approximate surface area is 164 Å². The summed E-state index contributed by atoms with van der Waals surface area (Å²) in [6, 6.07) is 19.8. The summed E-state index contributed by atoms with van der Waals surface area (Å²) in [5.41, 5.74) is 2.88. The maximum Gasteiger partial charge on any atom is 0.329 e. The van der Waals surface area contributed by atoms with Gasteiger partial charge in [0.25, 0.3) is 0 Å². The van der Waals surface area contributed by atoms with Crippen molar-refractivity contribution < 1.29 is 4.79 Å². The lowest BCUT2D eigenvalue weighted by atomic mass is 9.98. The number of hydrogen-bond donors (Lipinski definition) is 0. The van der Waals surface area contributed by atoms with Crippen LogP contribution < -0.4 is 4.90 Å². The summed E-state index contributed by atoms with van der Waals surface area (Å²) in [6.07, 6.45) is 1.94. The summed E-state index contributed by atoms with van der Waals surface area (Å²) < 4.78 is 0. The number of piperidine rings is 1. The van der Waals surface area contributed by atoms with Crippen LogP contribution in [0, 0.1) is 6.92 Å². The molecule has 4 rings (SSSR count). The van der Waals surface area contributed by atoms with Crippen molar-refractivity contribution in [2.24, 2.45) is 0 Å². The van der Waals surface area contributed by atoms with Crippen LogP contribution in [-0.4, -0.2) is 29.0 Å². The first-order valence-corrected chi connectivity index (χ1v) is 10.2. The van der Waals surface area contributed by atoms with Gasteiger partial charge < -0.3 is 4.90 Å². The number of benzene rings is 2. The number of carbonyl (C=O) groups excluding carboxylic acids is 1. The number of likely N-dealkylation sites (tertiary alicyclic amines) is 1. The van der Waals surface area contributed by atoms with Gasteiger partial charge in [-0.1, -0.05) is 36.4 Å². The number of rotatable bonds is 3. The first-order chi connectivity index (χ1) is 13.2. The van der Waals surface area contributed by atoms with Gasteiger partial charge in [-0.2, -0.15) is 0 Å². The predicted molar refractivity (Wildman–Crippen MR) is 111 cm³/mol. The first kappa shape index (κ1) is 17.7. The normalized spacial score (nSPS) is 14.9. The molecule has 5 heteroatoms. The van der Waals surface area contributed by atoms with E-state index in [1.54, 1.807) is 11.3 Å². The summed E-state index contributed by atoms with van der Waals surface area (Å²) in [7, 11) is 0. The molecule has 0 radical (unpaired) electrons. The van der Waals surface area contributed by atoms with E-state index in [9.17, 15) is 4.79 Å². The summed E-state index contributed by atoms with van der Waals surface area (Å²) in [5, 5.41) is 3.32. The van der Waals surface area contributed by atoms with Crippen molar-refractivity contribution in [2.45, 2.75) is 25.7 Å². The van der Waals surface area contributed by atoms with Crippen molar-refractivity contribution in [3.8, 4) is 0 Å². The maximum atomic E-state index is 13.4. The molecule has 0 atom stereocenters. The van der Waals surface area contributed by atoms with E-state index in [1.807, 2.05) is 77.4 Å². The molecule has 4 nitrogen and oxygen atoms in total. The van der Waals surface area contributed by atoms with Crippen molar-refractivity contribution in [1.82, 2.24) is 9.88 Å². The lowest BCUT2D eigenvalue weighted by Crippen LogP contribution is -2.44. The number of nitrogens with zero attached hydrogens (tertiary/aromatic N) is 3. The number of urea groups is 1. The zero-order valence-corrected chi connectivity index (χ0v) is 16.2. The lowest BCUT2D eigenvalue weighted by Gasteiger charge is -2.35. The largest absolute Gasteiger partial charge is 0.329 e. The molecule has 1 fully saturated rings. The number of para-hydroxylation sites is 2. The maximum absolute atomic E-state index is 13.4. The third kappa shape index (κ3) is 3.88. The predicted octanol–water partition coefficient (Wildman–Crippen LogP) is 5.59. The van der Waals surface area contributed by atoms with Crippen LogP contribution in [0.3, 0.4) is 0 Å². The molecule has 2 amide bonds. The Bertz CT molecular complexity index is 847. The Balaban J connectivity index is 1.53. The molecule has 0 aliphatic carbocycles. The van der Waals surface area contributed by atoms with E-state index in [0.29, 0.717) is 5.92 Å². The lowest BCUT2D eigenvalue weighted by molar-refractivity contribution is 0.190. The van der Waals surface area contributed by atoms with Gasteiger partial charge in [0, 0.05) is 30.1 Å². The SMILES string of the molecule is Cc1csc(C2CCN(C(=O)N(c3ccccc3)c3ccccc3)CC2)n1. The Hall–Kier alpha value is -2.66. The molecule has 2 heterocycles. The summed E-state index contributed by atoms with van der Waals surface area (Å²) >= 11 is 1.74. The van der Waals surface area contributed by atoms with Crippen molar-refractivity contribution >= 4 is 28.7 Å². The van der Waals surface area contributed by atoms with Gasteiger partial charge in [0.05, 0.1) is 16.4 Å². The third-order valence-electron chi connectivity index (χ3n) is 4.97. The quantitative estimate of drug-likeness (QED) is 0.596. The van der Waals surface area contributed by atoms with Gasteiger partial charge in [-0.25, -0.2) is 9.78 Å². The minimum absolute atomic E-state index is 0.0427. The van der Waals surface area contributed by atoms with Crippen molar-refractivity contribution in [1.29, 1.82) is 0 Å². The summed E-state index contributed by atoms with van der Waals surface area (Å²) in [6.45, 7) is 3.56. The van der Waals surface area contributed by atoms with E-state index < -0.39 is 0 Å². The van der Waals surface area contributed by atoms with Crippen LogP contribution >= 0.6 is 11.3 Å². The molecule has 1 aromatic heterocycles. The molecule has 3 aromatic rings. The standard InChI is InChI=1S/C22H23N3OS/c1-17-16-27-21(23-17)18-12-14-24(15-13-18)22(26)25(19-8-4-2-5-9-19)20-10-6-3-7-11-20/h2-11,16,18H,12-15H2,1H3. The van der Waals surface area contributed by atoms with E-state index in [4.69, 9.17) is 0 Å². The molecule has 0 N–H and O–H groups in total.